The van der Waals surface area contributed by atoms with E-state index in [1.54, 1.807) is 12.4 Å². The maximum Gasteiger partial charge on any atom is 0.120 e. The average Bonchev–Trinajstić information content (AvgIpc) is 2.49. The largest absolute Gasteiger partial charge is 0.489 e. The summed E-state index contributed by atoms with van der Waals surface area (Å²) in [6, 6.07) is 7.96. The lowest BCUT2D eigenvalue weighted by Crippen LogP contribution is -2.21. The molecule has 1 atom stereocenters. The first-order chi connectivity index (χ1) is 10.1. The molecule has 0 radical (unpaired) electrons. The van der Waals surface area contributed by atoms with Crippen LogP contribution in [0.15, 0.2) is 41.1 Å². The minimum atomic E-state index is 0.159. The SMILES string of the molecule is CCC(N)Cc1cc(OCc2ccncc2Cl)ccc1Br. The normalized spacial score (nSPS) is 12.2. The fraction of sp³-hybridized carbons (Fsp3) is 0.312. The Morgan fingerprint density at radius 1 is 1.33 bits per heavy atom. The topological polar surface area (TPSA) is 48.1 Å². The third kappa shape index (κ3) is 4.70. The van der Waals surface area contributed by atoms with E-state index >= 15 is 0 Å². The van der Waals surface area contributed by atoms with Crippen LogP contribution in [0.3, 0.4) is 0 Å². The van der Waals surface area contributed by atoms with E-state index in [1.165, 1.54) is 0 Å². The molecule has 2 N–H and O–H groups in total. The minimum absolute atomic E-state index is 0.159. The molecule has 2 rings (SSSR count). The Balaban J connectivity index is 2.07. The van der Waals surface area contributed by atoms with Gasteiger partial charge in [-0.15, -0.1) is 0 Å². The number of pyridine rings is 1. The van der Waals surface area contributed by atoms with E-state index in [2.05, 4.69) is 27.8 Å². The van der Waals surface area contributed by atoms with Gasteiger partial charge in [0.25, 0.3) is 0 Å². The number of hydrogen-bond acceptors (Lipinski definition) is 3. The molecule has 112 valence electrons. The van der Waals surface area contributed by atoms with Crippen LogP contribution in [0, 0.1) is 0 Å². The molecular weight excluding hydrogens is 352 g/mol. The molecule has 0 bridgehead atoms. The predicted octanol–water partition coefficient (Wildman–Crippen LogP) is 4.36. The van der Waals surface area contributed by atoms with E-state index in [1.807, 2.05) is 24.3 Å². The van der Waals surface area contributed by atoms with Gasteiger partial charge in [0.1, 0.15) is 12.4 Å². The molecule has 0 saturated heterocycles. The van der Waals surface area contributed by atoms with Crippen LogP contribution in [0.4, 0.5) is 0 Å². The van der Waals surface area contributed by atoms with Crippen LogP contribution in [0.25, 0.3) is 0 Å². The number of nitrogens with zero attached hydrogens (tertiary/aromatic N) is 1. The van der Waals surface area contributed by atoms with Crippen LogP contribution in [0.5, 0.6) is 5.75 Å². The Morgan fingerprint density at radius 2 is 2.14 bits per heavy atom. The van der Waals surface area contributed by atoms with E-state index < -0.39 is 0 Å². The number of hydrogen-bond donors (Lipinski definition) is 1. The molecule has 1 aromatic carbocycles. The highest BCUT2D eigenvalue weighted by molar-refractivity contribution is 9.10. The van der Waals surface area contributed by atoms with Crippen molar-refractivity contribution in [1.82, 2.24) is 4.98 Å². The molecule has 3 nitrogen and oxygen atoms in total. The number of nitrogens with two attached hydrogens (primary N) is 1. The van der Waals surface area contributed by atoms with Crippen LogP contribution >= 0.6 is 27.5 Å². The van der Waals surface area contributed by atoms with Crippen molar-refractivity contribution in [3.8, 4) is 5.75 Å². The Kier molecular flexibility index (Phi) is 6.03. The summed E-state index contributed by atoms with van der Waals surface area (Å²) in [4.78, 5) is 3.96. The summed E-state index contributed by atoms with van der Waals surface area (Å²) >= 11 is 9.62. The third-order valence-corrected chi connectivity index (χ3v) is 4.39. The molecule has 21 heavy (non-hydrogen) atoms. The van der Waals surface area contributed by atoms with Gasteiger partial charge in [-0.3, -0.25) is 4.98 Å². The van der Waals surface area contributed by atoms with Gasteiger partial charge in [-0.05, 0) is 42.7 Å². The second-order valence-electron chi connectivity index (χ2n) is 4.88. The number of ether oxygens (including phenoxy) is 1. The van der Waals surface area contributed by atoms with Crippen LogP contribution < -0.4 is 10.5 Å². The number of benzene rings is 1. The third-order valence-electron chi connectivity index (χ3n) is 3.27. The summed E-state index contributed by atoms with van der Waals surface area (Å²) in [5, 5.41) is 0.614. The highest BCUT2D eigenvalue weighted by Gasteiger charge is 2.08. The number of halogens is 2. The summed E-state index contributed by atoms with van der Waals surface area (Å²) < 4.78 is 6.87. The number of rotatable bonds is 6. The molecule has 2 aromatic rings. The molecule has 0 saturated carbocycles. The van der Waals surface area contributed by atoms with Crippen LogP contribution in [-0.4, -0.2) is 11.0 Å². The van der Waals surface area contributed by atoms with E-state index in [0.717, 1.165) is 34.2 Å². The summed E-state index contributed by atoms with van der Waals surface area (Å²) in [5.41, 5.74) is 8.10. The van der Waals surface area contributed by atoms with E-state index in [0.29, 0.717) is 11.6 Å². The van der Waals surface area contributed by atoms with Gasteiger partial charge in [-0.2, -0.15) is 0 Å². The van der Waals surface area contributed by atoms with Crippen molar-refractivity contribution in [3.05, 3.63) is 57.3 Å². The van der Waals surface area contributed by atoms with Gasteiger partial charge in [0.2, 0.25) is 0 Å². The molecule has 0 spiro atoms. The van der Waals surface area contributed by atoms with Gasteiger partial charge in [-0.25, -0.2) is 0 Å². The molecule has 0 aliphatic rings. The smallest absolute Gasteiger partial charge is 0.120 e. The molecule has 0 aliphatic heterocycles. The monoisotopic (exact) mass is 368 g/mol. The number of aromatic nitrogens is 1. The van der Waals surface area contributed by atoms with Gasteiger partial charge in [-0.1, -0.05) is 34.5 Å². The van der Waals surface area contributed by atoms with Crippen LogP contribution in [-0.2, 0) is 13.0 Å². The lowest BCUT2D eigenvalue weighted by Gasteiger charge is -2.13. The van der Waals surface area contributed by atoms with Crippen molar-refractivity contribution in [1.29, 1.82) is 0 Å². The van der Waals surface area contributed by atoms with E-state index in [-0.39, 0.29) is 6.04 Å². The fourth-order valence-electron chi connectivity index (χ4n) is 1.91. The first kappa shape index (κ1) is 16.3. The maximum atomic E-state index is 6.07. The molecular formula is C16H18BrClN2O. The van der Waals surface area contributed by atoms with Gasteiger partial charge < -0.3 is 10.5 Å². The predicted molar refractivity (Wildman–Crippen MR) is 89.7 cm³/mol. The lowest BCUT2D eigenvalue weighted by atomic mass is 10.0. The standard InChI is InChI=1S/C16H18BrClN2O/c1-2-13(19)7-12-8-14(3-4-15(12)17)21-10-11-5-6-20-9-16(11)18/h3-6,8-9,13H,2,7,10,19H2,1H3. The minimum Gasteiger partial charge on any atom is -0.489 e. The summed E-state index contributed by atoms with van der Waals surface area (Å²) in [5.74, 6) is 0.810. The zero-order chi connectivity index (χ0) is 15.2. The van der Waals surface area contributed by atoms with E-state index in [4.69, 9.17) is 22.1 Å². The van der Waals surface area contributed by atoms with Gasteiger partial charge in [0.15, 0.2) is 0 Å². The maximum absolute atomic E-state index is 6.07. The van der Waals surface area contributed by atoms with Crippen molar-refractivity contribution in [3.63, 3.8) is 0 Å². The van der Waals surface area contributed by atoms with E-state index in [9.17, 15) is 0 Å². The molecule has 5 heteroatoms. The van der Waals surface area contributed by atoms with Crippen molar-refractivity contribution in [2.24, 2.45) is 5.73 Å². The summed E-state index contributed by atoms with van der Waals surface area (Å²) in [6.45, 7) is 2.51. The molecule has 0 amide bonds. The molecule has 1 unspecified atom stereocenters. The van der Waals surface area contributed by atoms with Crippen molar-refractivity contribution in [2.45, 2.75) is 32.4 Å². The Hall–Kier alpha value is -1.10. The molecule has 0 fully saturated rings. The first-order valence-electron chi connectivity index (χ1n) is 6.85. The van der Waals surface area contributed by atoms with Crippen molar-refractivity contribution < 1.29 is 4.74 Å². The Morgan fingerprint density at radius 3 is 2.86 bits per heavy atom. The van der Waals surface area contributed by atoms with Gasteiger partial charge in [0, 0.05) is 28.5 Å². The molecule has 1 heterocycles. The van der Waals surface area contributed by atoms with Crippen molar-refractivity contribution in [2.75, 3.05) is 0 Å². The molecule has 0 aliphatic carbocycles. The zero-order valence-electron chi connectivity index (χ0n) is 11.9. The summed E-state index contributed by atoms with van der Waals surface area (Å²) in [6.07, 6.45) is 5.10. The fourth-order valence-corrected chi connectivity index (χ4v) is 2.49. The Labute approximate surface area is 138 Å². The zero-order valence-corrected chi connectivity index (χ0v) is 14.2. The average molecular weight is 370 g/mol. The lowest BCUT2D eigenvalue weighted by molar-refractivity contribution is 0.305. The summed E-state index contributed by atoms with van der Waals surface area (Å²) in [7, 11) is 0. The second-order valence-corrected chi connectivity index (χ2v) is 6.14. The van der Waals surface area contributed by atoms with Crippen LogP contribution in [0.1, 0.15) is 24.5 Å². The quantitative estimate of drug-likeness (QED) is 0.823. The second kappa shape index (κ2) is 7.78. The van der Waals surface area contributed by atoms with Gasteiger partial charge >= 0.3 is 0 Å². The highest BCUT2D eigenvalue weighted by Crippen LogP contribution is 2.25. The molecule has 1 aromatic heterocycles. The van der Waals surface area contributed by atoms with Gasteiger partial charge in [0.05, 0.1) is 5.02 Å². The Bertz CT molecular complexity index is 607. The van der Waals surface area contributed by atoms with Crippen LogP contribution in [0.2, 0.25) is 5.02 Å². The van der Waals surface area contributed by atoms with Crippen molar-refractivity contribution >= 4 is 27.5 Å². The highest BCUT2D eigenvalue weighted by atomic mass is 79.9. The first-order valence-corrected chi connectivity index (χ1v) is 8.02.